The van der Waals surface area contributed by atoms with Crippen LogP contribution in [0.15, 0.2) is 24.4 Å². The van der Waals surface area contributed by atoms with Crippen molar-refractivity contribution in [3.05, 3.63) is 30.2 Å². The Balaban J connectivity index is 1.56. The van der Waals surface area contributed by atoms with Crippen LogP contribution in [0.3, 0.4) is 0 Å². The molecule has 0 saturated carbocycles. The maximum absolute atomic E-state index is 5.91. The van der Waals surface area contributed by atoms with Crippen molar-refractivity contribution in [2.45, 2.75) is 38.8 Å². The first-order valence-electron chi connectivity index (χ1n) is 10.5. The van der Waals surface area contributed by atoms with Gasteiger partial charge in [-0.3, -0.25) is 0 Å². The largest absolute Gasteiger partial charge is 0.378 e. The van der Waals surface area contributed by atoms with Crippen molar-refractivity contribution in [2.24, 2.45) is 0 Å². The molecule has 0 amide bonds. The summed E-state index contributed by atoms with van der Waals surface area (Å²) in [6, 6.07) is 6.11. The number of benzene rings is 1. The molecule has 1 aromatic carbocycles. The molecule has 0 bridgehead atoms. The molecule has 5 rings (SSSR count). The molecular formula is C21H26N6O2. The second-order valence-corrected chi connectivity index (χ2v) is 7.50. The molecule has 4 heterocycles. The van der Waals surface area contributed by atoms with Gasteiger partial charge in [0.15, 0.2) is 5.82 Å². The number of hydrogen-bond acceptors (Lipinski definition) is 7. The molecule has 2 aromatic heterocycles. The molecule has 152 valence electrons. The van der Waals surface area contributed by atoms with E-state index in [-0.39, 0.29) is 6.23 Å². The standard InChI is InChI=1S/C21H26N6O2/c1-2-18-22-20(24-21(23-18)26-9-12-28-13-10-26)15-6-5-7-17-16(15)14-27(25-17)19-8-3-4-11-29-19/h5-7,14,19H,2-4,8-13H2,1H3. The summed E-state index contributed by atoms with van der Waals surface area (Å²) < 4.78 is 13.3. The van der Waals surface area contributed by atoms with Crippen LogP contribution in [0.25, 0.3) is 22.3 Å². The van der Waals surface area contributed by atoms with Gasteiger partial charge in [-0.1, -0.05) is 19.1 Å². The highest BCUT2D eigenvalue weighted by molar-refractivity contribution is 5.92. The van der Waals surface area contributed by atoms with E-state index in [4.69, 9.17) is 24.5 Å². The Labute approximate surface area is 169 Å². The van der Waals surface area contributed by atoms with Crippen molar-refractivity contribution < 1.29 is 9.47 Å². The molecule has 0 radical (unpaired) electrons. The smallest absolute Gasteiger partial charge is 0.229 e. The van der Waals surface area contributed by atoms with Crippen molar-refractivity contribution in [2.75, 3.05) is 37.8 Å². The van der Waals surface area contributed by atoms with Gasteiger partial charge >= 0.3 is 0 Å². The zero-order valence-corrected chi connectivity index (χ0v) is 16.8. The summed E-state index contributed by atoms with van der Waals surface area (Å²) >= 11 is 0. The maximum atomic E-state index is 5.91. The molecule has 0 aliphatic carbocycles. The Morgan fingerprint density at radius 2 is 1.97 bits per heavy atom. The van der Waals surface area contributed by atoms with E-state index < -0.39 is 0 Å². The molecular weight excluding hydrogens is 368 g/mol. The number of morpholine rings is 1. The Bertz CT molecular complexity index is 992. The second-order valence-electron chi connectivity index (χ2n) is 7.50. The molecule has 29 heavy (non-hydrogen) atoms. The minimum Gasteiger partial charge on any atom is -0.378 e. The topological polar surface area (TPSA) is 78.2 Å². The summed E-state index contributed by atoms with van der Waals surface area (Å²) in [7, 11) is 0. The van der Waals surface area contributed by atoms with Gasteiger partial charge in [0, 0.05) is 43.3 Å². The summed E-state index contributed by atoms with van der Waals surface area (Å²) in [5, 5.41) is 5.82. The fraction of sp³-hybridized carbons (Fsp3) is 0.524. The zero-order chi connectivity index (χ0) is 19.6. The van der Waals surface area contributed by atoms with Crippen molar-refractivity contribution in [1.82, 2.24) is 24.7 Å². The number of fused-ring (bicyclic) bond motifs is 1. The fourth-order valence-corrected chi connectivity index (χ4v) is 3.93. The summed E-state index contributed by atoms with van der Waals surface area (Å²) in [5.74, 6) is 2.24. The first kappa shape index (κ1) is 18.4. The average molecular weight is 394 g/mol. The summed E-state index contributed by atoms with van der Waals surface area (Å²) in [6.07, 6.45) is 6.14. The monoisotopic (exact) mass is 394 g/mol. The van der Waals surface area contributed by atoms with Crippen LogP contribution in [-0.4, -0.2) is 57.6 Å². The highest BCUT2D eigenvalue weighted by Gasteiger charge is 2.21. The number of aromatic nitrogens is 5. The molecule has 8 nitrogen and oxygen atoms in total. The molecule has 3 aromatic rings. The highest BCUT2D eigenvalue weighted by Crippen LogP contribution is 2.30. The minimum atomic E-state index is 0.0115. The highest BCUT2D eigenvalue weighted by atomic mass is 16.5. The molecule has 2 fully saturated rings. The number of ether oxygens (including phenoxy) is 2. The molecule has 2 aliphatic rings. The van der Waals surface area contributed by atoms with Crippen molar-refractivity contribution in [1.29, 1.82) is 0 Å². The maximum Gasteiger partial charge on any atom is 0.229 e. The van der Waals surface area contributed by atoms with Crippen molar-refractivity contribution >= 4 is 16.9 Å². The minimum absolute atomic E-state index is 0.0115. The normalized spacial score (nSPS) is 20.3. The van der Waals surface area contributed by atoms with E-state index in [1.54, 1.807) is 0 Å². The number of anilines is 1. The lowest BCUT2D eigenvalue weighted by atomic mass is 10.1. The molecule has 8 heteroatoms. The van der Waals surface area contributed by atoms with Crippen LogP contribution in [0.1, 0.15) is 38.2 Å². The first-order valence-corrected chi connectivity index (χ1v) is 10.5. The molecule has 0 spiro atoms. The van der Waals surface area contributed by atoms with E-state index >= 15 is 0 Å². The van der Waals surface area contributed by atoms with E-state index in [0.717, 1.165) is 67.2 Å². The summed E-state index contributed by atoms with van der Waals surface area (Å²) in [6.45, 7) is 5.87. The number of hydrogen-bond donors (Lipinski definition) is 0. The van der Waals surface area contributed by atoms with Gasteiger partial charge in [-0.25, -0.2) is 9.67 Å². The van der Waals surface area contributed by atoms with E-state index in [2.05, 4.69) is 29.1 Å². The molecule has 1 atom stereocenters. The lowest BCUT2D eigenvalue weighted by molar-refractivity contribution is -0.0390. The van der Waals surface area contributed by atoms with Gasteiger partial charge in [-0.15, -0.1) is 0 Å². The number of nitrogens with zero attached hydrogens (tertiary/aromatic N) is 6. The SMILES string of the molecule is CCc1nc(-c2cccc3nn(C4CCCCO4)cc23)nc(N2CCOCC2)n1. The van der Waals surface area contributed by atoms with E-state index in [0.29, 0.717) is 19.0 Å². The van der Waals surface area contributed by atoms with Crippen molar-refractivity contribution in [3.63, 3.8) is 0 Å². The van der Waals surface area contributed by atoms with Crippen LogP contribution in [0.4, 0.5) is 5.95 Å². The Hall–Kier alpha value is -2.58. The first-order chi connectivity index (χ1) is 14.3. The van der Waals surface area contributed by atoms with Crippen molar-refractivity contribution in [3.8, 4) is 11.4 Å². The zero-order valence-electron chi connectivity index (χ0n) is 16.8. The van der Waals surface area contributed by atoms with E-state index in [1.165, 1.54) is 6.42 Å². The predicted molar refractivity (Wildman–Crippen MR) is 110 cm³/mol. The van der Waals surface area contributed by atoms with Crippen LogP contribution in [-0.2, 0) is 15.9 Å². The van der Waals surface area contributed by atoms with Gasteiger partial charge in [0.05, 0.1) is 18.7 Å². The Morgan fingerprint density at radius 1 is 1.07 bits per heavy atom. The van der Waals surface area contributed by atoms with Crippen LogP contribution in [0.5, 0.6) is 0 Å². The Kier molecular flexibility index (Phi) is 5.12. The third-order valence-corrected chi connectivity index (χ3v) is 5.54. The van der Waals surface area contributed by atoms with Gasteiger partial charge in [0.1, 0.15) is 12.1 Å². The van der Waals surface area contributed by atoms with Gasteiger partial charge in [-0.2, -0.15) is 15.1 Å². The molecule has 2 aliphatic heterocycles. The Morgan fingerprint density at radius 3 is 2.76 bits per heavy atom. The van der Waals surface area contributed by atoms with E-state index in [1.807, 2.05) is 16.8 Å². The van der Waals surface area contributed by atoms with Gasteiger partial charge in [0.2, 0.25) is 5.95 Å². The van der Waals surface area contributed by atoms with Gasteiger partial charge in [0.25, 0.3) is 0 Å². The van der Waals surface area contributed by atoms with Crippen LogP contribution < -0.4 is 4.90 Å². The number of aryl methyl sites for hydroxylation is 1. The van der Waals surface area contributed by atoms with Gasteiger partial charge in [-0.05, 0) is 25.3 Å². The second kappa shape index (κ2) is 8.04. The molecule has 1 unspecified atom stereocenters. The third kappa shape index (κ3) is 3.70. The van der Waals surface area contributed by atoms with E-state index in [9.17, 15) is 0 Å². The lowest BCUT2D eigenvalue weighted by Gasteiger charge is -2.27. The third-order valence-electron chi connectivity index (χ3n) is 5.54. The summed E-state index contributed by atoms with van der Waals surface area (Å²) in [4.78, 5) is 16.4. The average Bonchev–Trinajstić information content (AvgIpc) is 3.24. The van der Waals surface area contributed by atoms with Gasteiger partial charge < -0.3 is 14.4 Å². The van der Waals surface area contributed by atoms with Crippen LogP contribution >= 0.6 is 0 Å². The number of rotatable bonds is 4. The van der Waals surface area contributed by atoms with Crippen LogP contribution in [0, 0.1) is 0 Å². The summed E-state index contributed by atoms with van der Waals surface area (Å²) in [5.41, 5.74) is 1.92. The predicted octanol–water partition coefficient (Wildman–Crippen LogP) is 2.99. The lowest BCUT2D eigenvalue weighted by Crippen LogP contribution is -2.37. The molecule has 2 saturated heterocycles. The quantitative estimate of drug-likeness (QED) is 0.673. The molecule has 0 N–H and O–H groups in total. The van der Waals surface area contributed by atoms with Crippen LogP contribution in [0.2, 0.25) is 0 Å². The fourth-order valence-electron chi connectivity index (χ4n) is 3.93.